The number of hydrogen-bond donors (Lipinski definition) is 0. The Bertz CT molecular complexity index is 329. The molecule has 1 aliphatic heterocycles. The molecule has 0 saturated carbocycles. The van der Waals surface area contributed by atoms with Gasteiger partial charge in [-0.1, -0.05) is 12.7 Å². The van der Waals surface area contributed by atoms with E-state index in [4.69, 9.17) is 4.74 Å². The molecule has 2 rings (SSSR count). The fourth-order valence-corrected chi connectivity index (χ4v) is 1.35. The topological polar surface area (TPSA) is 16.4 Å². The molecule has 0 aromatic carbocycles. The molecule has 0 radical (unpaired) electrons. The van der Waals surface area contributed by atoms with Crippen molar-refractivity contribution >= 4 is 6.08 Å². The summed E-state index contributed by atoms with van der Waals surface area (Å²) in [5.41, 5.74) is 2.42. The normalized spacial score (nSPS) is 19.9. The molecule has 2 nitrogen and oxygen atoms in total. The lowest BCUT2D eigenvalue weighted by Crippen LogP contribution is -2.39. The maximum atomic E-state index is 5.19. The number of epoxide rings is 1. The molecule has 1 fully saturated rings. The second-order valence-corrected chi connectivity index (χ2v) is 3.42. The Kier molecular flexibility index (Phi) is 2.15. The van der Waals surface area contributed by atoms with Gasteiger partial charge >= 0.3 is 0 Å². The average Bonchev–Trinajstić information content (AvgIpc) is 2.93. The van der Waals surface area contributed by atoms with Gasteiger partial charge in [-0.3, -0.25) is 0 Å². The smallest absolute Gasteiger partial charge is 0.178 e. The molecule has 2 heteroatoms. The fourth-order valence-electron chi connectivity index (χ4n) is 1.35. The summed E-state index contributed by atoms with van der Waals surface area (Å²) in [6.07, 6.45) is 4.41. The van der Waals surface area contributed by atoms with Crippen molar-refractivity contribution in [3.8, 4) is 0 Å². The molecule has 1 atom stereocenters. The van der Waals surface area contributed by atoms with Gasteiger partial charge in [-0.25, -0.2) is 0 Å². The van der Waals surface area contributed by atoms with E-state index in [2.05, 4.69) is 36.4 Å². The minimum atomic E-state index is 0.434. The minimum Gasteiger partial charge on any atom is -0.366 e. The van der Waals surface area contributed by atoms with Gasteiger partial charge < -0.3 is 4.74 Å². The highest BCUT2D eigenvalue weighted by molar-refractivity contribution is 5.43. The monoisotopic (exact) mass is 176 g/mol. The van der Waals surface area contributed by atoms with Crippen LogP contribution in [0.25, 0.3) is 6.08 Å². The fraction of sp³-hybridized carbons (Fsp3) is 0.364. The highest BCUT2D eigenvalue weighted by Crippen LogP contribution is 2.09. The molecule has 1 aliphatic rings. The lowest BCUT2D eigenvalue weighted by molar-refractivity contribution is -0.704. The zero-order chi connectivity index (χ0) is 9.26. The third kappa shape index (κ3) is 1.95. The van der Waals surface area contributed by atoms with Crippen LogP contribution in [0.2, 0.25) is 0 Å². The van der Waals surface area contributed by atoms with Crippen molar-refractivity contribution in [3.63, 3.8) is 0 Å². The second-order valence-electron chi connectivity index (χ2n) is 3.42. The van der Waals surface area contributed by atoms with Crippen molar-refractivity contribution in [1.82, 2.24) is 0 Å². The number of ether oxygens (including phenoxy) is 1. The zero-order valence-corrected chi connectivity index (χ0v) is 7.86. The van der Waals surface area contributed by atoms with E-state index in [1.54, 1.807) is 0 Å². The number of rotatable bonds is 3. The van der Waals surface area contributed by atoms with Crippen LogP contribution in [0.1, 0.15) is 11.3 Å². The van der Waals surface area contributed by atoms with Crippen LogP contribution in [0.3, 0.4) is 0 Å². The zero-order valence-electron chi connectivity index (χ0n) is 7.86. The molecular formula is C11H14NO+. The van der Waals surface area contributed by atoms with E-state index in [0.29, 0.717) is 6.10 Å². The Morgan fingerprint density at radius 1 is 1.69 bits per heavy atom. The molecule has 2 heterocycles. The Labute approximate surface area is 78.5 Å². The molecule has 1 aromatic heterocycles. The number of hydrogen-bond acceptors (Lipinski definition) is 1. The van der Waals surface area contributed by atoms with E-state index in [9.17, 15) is 0 Å². The first-order valence-corrected chi connectivity index (χ1v) is 4.54. The first-order chi connectivity index (χ1) is 6.29. The van der Waals surface area contributed by atoms with Gasteiger partial charge in [0.2, 0.25) is 0 Å². The van der Waals surface area contributed by atoms with Crippen LogP contribution >= 0.6 is 0 Å². The van der Waals surface area contributed by atoms with Crippen molar-refractivity contribution in [2.75, 3.05) is 6.61 Å². The molecule has 0 aliphatic carbocycles. The summed E-state index contributed by atoms with van der Waals surface area (Å²) in [5.74, 6) is 0. The summed E-state index contributed by atoms with van der Waals surface area (Å²) in [5, 5.41) is 0. The van der Waals surface area contributed by atoms with Gasteiger partial charge in [-0.05, 0) is 6.07 Å². The molecule has 1 unspecified atom stereocenters. The number of aromatic nitrogens is 1. The largest absolute Gasteiger partial charge is 0.366 e. The number of pyridine rings is 1. The highest BCUT2D eigenvalue weighted by atomic mass is 16.6. The van der Waals surface area contributed by atoms with Gasteiger partial charge in [-0.2, -0.15) is 4.57 Å². The first kappa shape index (κ1) is 8.45. The minimum absolute atomic E-state index is 0.434. The first-order valence-electron chi connectivity index (χ1n) is 4.54. The van der Waals surface area contributed by atoms with E-state index in [-0.39, 0.29) is 0 Å². The summed E-state index contributed by atoms with van der Waals surface area (Å²) in [7, 11) is 0. The predicted octanol–water partition coefficient (Wildman–Crippen LogP) is 1.32. The van der Waals surface area contributed by atoms with Crippen LogP contribution in [0.5, 0.6) is 0 Å². The van der Waals surface area contributed by atoms with Crippen LogP contribution in [-0.2, 0) is 11.3 Å². The van der Waals surface area contributed by atoms with Gasteiger partial charge in [0, 0.05) is 18.6 Å². The molecule has 13 heavy (non-hydrogen) atoms. The van der Waals surface area contributed by atoms with Crippen molar-refractivity contribution in [1.29, 1.82) is 0 Å². The standard InChI is InChI=1S/C11H14NO/c1-3-10-5-4-9(2)12(6-10)7-11-8-13-11/h3-6,11H,1,7-8H2,2H3/q+1. The summed E-state index contributed by atoms with van der Waals surface area (Å²) >= 11 is 0. The van der Waals surface area contributed by atoms with Crippen LogP contribution in [0.4, 0.5) is 0 Å². The Hall–Kier alpha value is -1.15. The Morgan fingerprint density at radius 2 is 2.46 bits per heavy atom. The van der Waals surface area contributed by atoms with Crippen molar-refractivity contribution in [2.24, 2.45) is 0 Å². The molecule has 1 aromatic rings. The van der Waals surface area contributed by atoms with Gasteiger partial charge in [0.25, 0.3) is 0 Å². The van der Waals surface area contributed by atoms with Crippen molar-refractivity contribution in [2.45, 2.75) is 19.6 Å². The Morgan fingerprint density at radius 3 is 3.08 bits per heavy atom. The molecule has 0 bridgehead atoms. The van der Waals surface area contributed by atoms with Gasteiger partial charge in [0.1, 0.15) is 6.10 Å². The molecule has 1 saturated heterocycles. The predicted molar refractivity (Wildman–Crippen MR) is 51.2 cm³/mol. The van der Waals surface area contributed by atoms with Crippen molar-refractivity contribution < 1.29 is 9.30 Å². The van der Waals surface area contributed by atoms with E-state index < -0.39 is 0 Å². The summed E-state index contributed by atoms with van der Waals surface area (Å²) in [6.45, 7) is 7.73. The average molecular weight is 176 g/mol. The third-order valence-electron chi connectivity index (χ3n) is 2.31. The van der Waals surface area contributed by atoms with E-state index >= 15 is 0 Å². The van der Waals surface area contributed by atoms with Gasteiger partial charge in [0.15, 0.2) is 18.4 Å². The lowest BCUT2D eigenvalue weighted by atomic mass is 10.2. The molecule has 0 spiro atoms. The quantitative estimate of drug-likeness (QED) is 0.501. The van der Waals surface area contributed by atoms with Crippen LogP contribution in [-0.4, -0.2) is 12.7 Å². The number of nitrogens with zero attached hydrogens (tertiary/aromatic N) is 1. The van der Waals surface area contributed by atoms with E-state index in [1.807, 2.05) is 6.08 Å². The maximum absolute atomic E-state index is 5.19. The highest BCUT2D eigenvalue weighted by Gasteiger charge is 2.27. The Balaban J connectivity index is 2.24. The number of aryl methyl sites for hydroxylation is 1. The maximum Gasteiger partial charge on any atom is 0.178 e. The second kappa shape index (κ2) is 3.30. The molecule has 0 amide bonds. The summed E-state index contributed by atoms with van der Waals surface area (Å²) < 4.78 is 7.41. The molecular weight excluding hydrogens is 162 g/mol. The third-order valence-corrected chi connectivity index (χ3v) is 2.31. The van der Waals surface area contributed by atoms with Crippen LogP contribution < -0.4 is 4.57 Å². The van der Waals surface area contributed by atoms with Gasteiger partial charge in [-0.15, -0.1) is 0 Å². The van der Waals surface area contributed by atoms with Crippen LogP contribution in [0.15, 0.2) is 24.9 Å². The SMILES string of the molecule is C=Cc1ccc(C)[n+](CC2CO2)c1. The lowest BCUT2D eigenvalue weighted by Gasteiger charge is -1.98. The van der Waals surface area contributed by atoms with E-state index in [0.717, 1.165) is 18.7 Å². The summed E-state index contributed by atoms with van der Waals surface area (Å²) in [6, 6.07) is 4.19. The van der Waals surface area contributed by atoms with Gasteiger partial charge in [0.05, 0.1) is 6.61 Å². The molecule has 68 valence electrons. The molecule has 0 N–H and O–H groups in total. The van der Waals surface area contributed by atoms with E-state index in [1.165, 1.54) is 5.69 Å². The summed E-state index contributed by atoms with van der Waals surface area (Å²) in [4.78, 5) is 0. The van der Waals surface area contributed by atoms with Crippen LogP contribution in [0, 0.1) is 6.92 Å². The van der Waals surface area contributed by atoms with Crippen molar-refractivity contribution in [3.05, 3.63) is 36.2 Å².